The van der Waals surface area contributed by atoms with Crippen molar-refractivity contribution in [2.45, 2.75) is 11.9 Å². The molecule has 0 unspecified atom stereocenters. The lowest BCUT2D eigenvalue weighted by Crippen LogP contribution is -2.14. The number of amides is 1. The topological polar surface area (TPSA) is 116 Å². The zero-order valence-corrected chi connectivity index (χ0v) is 13.1. The molecule has 0 fully saturated rings. The van der Waals surface area contributed by atoms with E-state index in [4.69, 9.17) is 16.3 Å². The van der Waals surface area contributed by atoms with Crippen molar-refractivity contribution >= 4 is 29.2 Å². The molecule has 23 heavy (non-hydrogen) atoms. The quantitative estimate of drug-likeness (QED) is 0.835. The van der Waals surface area contributed by atoms with Crippen LogP contribution in [-0.4, -0.2) is 16.6 Å². The molecule has 0 aliphatic carbocycles. The second kappa shape index (κ2) is 7.30. The Labute approximate surface area is 137 Å². The molecule has 0 spiro atoms. The van der Waals surface area contributed by atoms with Crippen molar-refractivity contribution in [3.63, 3.8) is 0 Å². The van der Waals surface area contributed by atoms with Crippen LogP contribution in [-0.2, 0) is 4.79 Å². The molecule has 0 radical (unpaired) electrons. The minimum atomic E-state index is -0.214. The van der Waals surface area contributed by atoms with Crippen molar-refractivity contribution < 1.29 is 4.79 Å². The number of nitrogens with two attached hydrogens (primary N) is 1. The van der Waals surface area contributed by atoms with E-state index in [1.807, 2.05) is 37.3 Å². The zero-order valence-electron chi connectivity index (χ0n) is 12.3. The first-order valence-corrected chi connectivity index (χ1v) is 7.62. The van der Waals surface area contributed by atoms with Crippen LogP contribution in [0.2, 0.25) is 0 Å². The van der Waals surface area contributed by atoms with Crippen LogP contribution in [0.4, 0.5) is 11.5 Å². The highest BCUT2D eigenvalue weighted by molar-refractivity contribution is 8.00. The molecule has 3 N–H and O–H groups in total. The molecule has 0 atom stereocenters. The van der Waals surface area contributed by atoms with Crippen molar-refractivity contribution in [3.8, 4) is 12.1 Å². The highest BCUT2D eigenvalue weighted by Gasteiger charge is 2.12. The first kappa shape index (κ1) is 16.3. The van der Waals surface area contributed by atoms with Gasteiger partial charge in [0.05, 0.1) is 16.9 Å². The molecule has 7 heteroatoms. The van der Waals surface area contributed by atoms with Crippen LogP contribution < -0.4 is 11.1 Å². The van der Waals surface area contributed by atoms with E-state index >= 15 is 0 Å². The van der Waals surface area contributed by atoms with Gasteiger partial charge in [-0.1, -0.05) is 23.9 Å². The molecule has 0 aliphatic rings. The smallest absolute Gasteiger partial charge is 0.234 e. The van der Waals surface area contributed by atoms with Crippen LogP contribution in [0.15, 0.2) is 35.4 Å². The number of nitrogen functional groups attached to an aromatic ring is 1. The lowest BCUT2D eigenvalue weighted by atomic mass is 10.2. The maximum Gasteiger partial charge on any atom is 0.234 e. The Bertz CT molecular complexity index is 835. The fraction of sp³-hybridized carbons (Fsp3) is 0.125. The molecule has 0 bridgehead atoms. The lowest BCUT2D eigenvalue weighted by Gasteiger charge is -2.07. The normalized spacial score (nSPS) is 9.70. The molecule has 1 heterocycles. The molecular weight excluding hydrogens is 310 g/mol. The van der Waals surface area contributed by atoms with Crippen LogP contribution in [0, 0.1) is 29.6 Å². The number of hydrogen-bond acceptors (Lipinski definition) is 6. The Morgan fingerprint density at radius 1 is 1.30 bits per heavy atom. The minimum absolute atomic E-state index is 0.0492. The monoisotopic (exact) mass is 323 g/mol. The molecule has 1 aromatic heterocycles. The van der Waals surface area contributed by atoms with Crippen molar-refractivity contribution in [3.05, 3.63) is 47.0 Å². The van der Waals surface area contributed by atoms with E-state index in [2.05, 4.69) is 10.3 Å². The van der Waals surface area contributed by atoms with E-state index in [0.29, 0.717) is 10.7 Å². The van der Waals surface area contributed by atoms with E-state index in [0.717, 1.165) is 17.3 Å². The van der Waals surface area contributed by atoms with E-state index in [9.17, 15) is 4.79 Å². The highest BCUT2D eigenvalue weighted by Crippen LogP contribution is 2.24. The number of nitriles is 2. The van der Waals surface area contributed by atoms with Gasteiger partial charge in [0.1, 0.15) is 23.0 Å². The third kappa shape index (κ3) is 4.22. The molecule has 1 amide bonds. The Hall–Kier alpha value is -3.03. The highest BCUT2D eigenvalue weighted by atomic mass is 32.2. The first-order valence-electron chi connectivity index (χ1n) is 6.63. The summed E-state index contributed by atoms with van der Waals surface area (Å²) < 4.78 is 0. The molecule has 0 saturated heterocycles. The van der Waals surface area contributed by atoms with Gasteiger partial charge in [-0.2, -0.15) is 10.5 Å². The van der Waals surface area contributed by atoms with Gasteiger partial charge in [0, 0.05) is 5.69 Å². The number of aromatic nitrogens is 1. The van der Waals surface area contributed by atoms with Crippen LogP contribution in [0.25, 0.3) is 0 Å². The predicted octanol–water partition coefficient (Wildman–Crippen LogP) is 2.45. The number of anilines is 2. The Morgan fingerprint density at radius 2 is 2.04 bits per heavy atom. The number of benzene rings is 1. The molecule has 1 aromatic carbocycles. The van der Waals surface area contributed by atoms with Crippen molar-refractivity contribution in [2.75, 3.05) is 16.8 Å². The number of carbonyl (C=O) groups is 1. The maximum absolute atomic E-state index is 12.0. The number of aryl methyl sites for hydroxylation is 1. The lowest BCUT2D eigenvalue weighted by molar-refractivity contribution is -0.113. The number of nitrogens with zero attached hydrogens (tertiary/aromatic N) is 3. The summed E-state index contributed by atoms with van der Waals surface area (Å²) in [5.74, 6) is -0.0802. The van der Waals surface area contributed by atoms with Crippen LogP contribution in [0.5, 0.6) is 0 Å². The van der Waals surface area contributed by atoms with Crippen molar-refractivity contribution in [1.82, 2.24) is 4.98 Å². The average Bonchev–Trinajstić information content (AvgIpc) is 2.53. The van der Waals surface area contributed by atoms with Gasteiger partial charge >= 0.3 is 0 Å². The van der Waals surface area contributed by atoms with Crippen LogP contribution in [0.3, 0.4) is 0 Å². The number of pyridine rings is 1. The second-order valence-electron chi connectivity index (χ2n) is 4.70. The Morgan fingerprint density at radius 3 is 2.70 bits per heavy atom. The number of nitrogens with one attached hydrogen (secondary N) is 1. The maximum atomic E-state index is 12.0. The summed E-state index contributed by atoms with van der Waals surface area (Å²) in [6.07, 6.45) is 0. The fourth-order valence-corrected chi connectivity index (χ4v) is 2.61. The summed E-state index contributed by atoms with van der Waals surface area (Å²) in [4.78, 5) is 16.0. The number of hydrogen-bond donors (Lipinski definition) is 2. The molecule has 0 aliphatic heterocycles. The van der Waals surface area contributed by atoms with Gasteiger partial charge < -0.3 is 11.1 Å². The molecular formula is C16H13N5OS. The van der Waals surface area contributed by atoms with Gasteiger partial charge in [-0.25, -0.2) is 4.98 Å². The largest absolute Gasteiger partial charge is 0.383 e. The Balaban J connectivity index is 2.06. The van der Waals surface area contributed by atoms with Gasteiger partial charge in [0.2, 0.25) is 5.91 Å². The first-order chi connectivity index (χ1) is 11.0. The van der Waals surface area contributed by atoms with E-state index < -0.39 is 0 Å². The van der Waals surface area contributed by atoms with Gasteiger partial charge in [-0.15, -0.1) is 0 Å². The van der Waals surface area contributed by atoms with Crippen LogP contribution in [0.1, 0.15) is 16.7 Å². The summed E-state index contributed by atoms with van der Waals surface area (Å²) in [5, 5.41) is 21.1. The average molecular weight is 323 g/mol. The summed E-state index contributed by atoms with van der Waals surface area (Å²) in [5.41, 5.74) is 7.78. The van der Waals surface area contributed by atoms with Gasteiger partial charge in [-0.3, -0.25) is 4.79 Å². The Kier molecular flexibility index (Phi) is 5.19. The van der Waals surface area contributed by atoms with E-state index in [1.165, 1.54) is 6.07 Å². The molecule has 6 nitrogen and oxygen atoms in total. The summed E-state index contributed by atoms with van der Waals surface area (Å²) in [6, 6.07) is 12.7. The van der Waals surface area contributed by atoms with Crippen LogP contribution >= 0.6 is 11.8 Å². The predicted molar refractivity (Wildman–Crippen MR) is 88.6 cm³/mol. The van der Waals surface area contributed by atoms with Gasteiger partial charge in [0.25, 0.3) is 0 Å². The van der Waals surface area contributed by atoms with E-state index in [-0.39, 0.29) is 28.6 Å². The number of rotatable bonds is 4. The summed E-state index contributed by atoms with van der Waals surface area (Å²) >= 11 is 1.10. The number of thioether (sulfide) groups is 1. The standard InChI is InChI=1S/C16H13N5OS/c1-10-3-2-4-13(5-10)20-14(22)9-23-16-12(8-18)6-11(7-17)15(19)21-16/h2-6H,9H2,1H3,(H2,19,21)(H,20,22). The molecule has 2 aromatic rings. The zero-order chi connectivity index (χ0) is 16.8. The summed E-state index contributed by atoms with van der Waals surface area (Å²) in [7, 11) is 0. The van der Waals surface area contributed by atoms with Gasteiger partial charge in [-0.05, 0) is 30.7 Å². The van der Waals surface area contributed by atoms with Crippen molar-refractivity contribution in [1.29, 1.82) is 10.5 Å². The SMILES string of the molecule is Cc1cccc(NC(=O)CSc2nc(N)c(C#N)cc2C#N)c1. The molecule has 114 valence electrons. The fourth-order valence-electron chi connectivity index (χ4n) is 1.84. The van der Waals surface area contributed by atoms with E-state index in [1.54, 1.807) is 6.07 Å². The number of carbonyl (C=O) groups excluding carboxylic acids is 1. The molecule has 2 rings (SSSR count). The molecule has 0 saturated carbocycles. The van der Waals surface area contributed by atoms with Crippen molar-refractivity contribution in [2.24, 2.45) is 0 Å². The summed E-state index contributed by atoms with van der Waals surface area (Å²) in [6.45, 7) is 1.94. The third-order valence-corrected chi connectivity index (χ3v) is 3.89. The van der Waals surface area contributed by atoms with Gasteiger partial charge in [0.15, 0.2) is 0 Å². The minimum Gasteiger partial charge on any atom is -0.383 e. The second-order valence-corrected chi connectivity index (χ2v) is 5.67. The third-order valence-electron chi connectivity index (χ3n) is 2.90.